The molecule has 0 aliphatic heterocycles. The Bertz CT molecular complexity index is 997. The first-order valence-corrected chi connectivity index (χ1v) is 9.98. The number of anilines is 1. The van der Waals surface area contributed by atoms with E-state index in [1.807, 2.05) is 48.3 Å². The highest BCUT2D eigenvalue weighted by Crippen LogP contribution is 2.21. The number of rotatable bonds is 7. The predicted molar refractivity (Wildman–Crippen MR) is 103 cm³/mol. The third-order valence-corrected chi connectivity index (χ3v) is 5.83. The molecule has 3 aromatic rings. The maximum absolute atomic E-state index is 12.6. The molecule has 0 saturated carbocycles. The molecule has 0 saturated heterocycles. The summed E-state index contributed by atoms with van der Waals surface area (Å²) in [5.41, 5.74) is 2.27. The van der Waals surface area contributed by atoms with Gasteiger partial charge in [-0.05, 0) is 25.5 Å². The van der Waals surface area contributed by atoms with Crippen molar-refractivity contribution in [2.45, 2.75) is 31.8 Å². The molecule has 1 aromatic carbocycles. The number of aromatic nitrogens is 2. The number of hydrogen-bond acceptors (Lipinski definition) is 6. The minimum absolute atomic E-state index is 0.0885. The van der Waals surface area contributed by atoms with Crippen LogP contribution in [0.1, 0.15) is 22.6 Å². The lowest BCUT2D eigenvalue weighted by atomic mass is 10.2. The minimum atomic E-state index is -3.73. The highest BCUT2D eigenvalue weighted by atomic mass is 32.2. The Morgan fingerprint density at radius 3 is 2.52 bits per heavy atom. The van der Waals surface area contributed by atoms with Crippen molar-refractivity contribution in [2.24, 2.45) is 0 Å². The van der Waals surface area contributed by atoms with Gasteiger partial charge in [-0.3, -0.25) is 0 Å². The Kier molecular flexibility index (Phi) is 5.57. The topological polar surface area (TPSA) is 88.3 Å². The number of nitrogens with one attached hydrogen (secondary N) is 1. The van der Waals surface area contributed by atoms with E-state index in [2.05, 4.69) is 14.9 Å². The molecule has 7 nitrogen and oxygen atoms in total. The third kappa shape index (κ3) is 4.35. The number of aryl methyl sites for hydroxylation is 2. The molecule has 0 bridgehead atoms. The average molecular weight is 386 g/mol. The van der Waals surface area contributed by atoms with Gasteiger partial charge in [-0.2, -0.15) is 0 Å². The summed E-state index contributed by atoms with van der Waals surface area (Å²) in [6.07, 6.45) is 1.70. The summed E-state index contributed by atoms with van der Waals surface area (Å²) in [5, 5.41) is 3.72. The Balaban J connectivity index is 1.78. The summed E-state index contributed by atoms with van der Waals surface area (Å²) in [4.78, 5) is 6.52. The molecule has 0 spiro atoms. The molecule has 27 heavy (non-hydrogen) atoms. The zero-order valence-corrected chi connectivity index (χ0v) is 16.3. The van der Waals surface area contributed by atoms with Crippen LogP contribution in [0.4, 0.5) is 5.82 Å². The number of benzene rings is 1. The van der Waals surface area contributed by atoms with Gasteiger partial charge < -0.3 is 9.42 Å². The van der Waals surface area contributed by atoms with Gasteiger partial charge in [0.1, 0.15) is 16.4 Å². The maximum atomic E-state index is 12.6. The maximum Gasteiger partial charge on any atom is 0.246 e. The first kappa shape index (κ1) is 19.1. The van der Waals surface area contributed by atoms with E-state index in [9.17, 15) is 8.42 Å². The van der Waals surface area contributed by atoms with Gasteiger partial charge >= 0.3 is 0 Å². The van der Waals surface area contributed by atoms with Gasteiger partial charge in [0.15, 0.2) is 5.76 Å². The number of nitrogens with zero attached hydrogens (tertiary/aromatic N) is 3. The molecule has 3 rings (SSSR count). The first-order valence-electron chi connectivity index (χ1n) is 8.50. The fourth-order valence-corrected chi connectivity index (χ4v) is 4.28. The molecular weight excluding hydrogens is 364 g/mol. The Labute approximate surface area is 159 Å². The van der Waals surface area contributed by atoms with E-state index >= 15 is 0 Å². The summed E-state index contributed by atoms with van der Waals surface area (Å²) >= 11 is 0. The van der Waals surface area contributed by atoms with Crippen molar-refractivity contribution in [2.75, 3.05) is 11.9 Å². The lowest BCUT2D eigenvalue weighted by molar-refractivity contribution is 0.390. The van der Waals surface area contributed by atoms with Crippen LogP contribution >= 0.6 is 0 Å². The summed E-state index contributed by atoms with van der Waals surface area (Å²) < 4.78 is 32.9. The monoisotopic (exact) mass is 386 g/mol. The molecule has 0 amide bonds. The van der Waals surface area contributed by atoms with Crippen LogP contribution in [0, 0.1) is 13.8 Å². The van der Waals surface area contributed by atoms with Crippen LogP contribution in [0.25, 0.3) is 0 Å². The fourth-order valence-electron chi connectivity index (χ4n) is 2.95. The van der Waals surface area contributed by atoms with E-state index in [1.54, 1.807) is 26.1 Å². The molecule has 142 valence electrons. The van der Waals surface area contributed by atoms with E-state index in [0.29, 0.717) is 12.2 Å². The standard InChI is InChI=1S/C19H22N4O3S/c1-14-18(15(2)26-22-14)27(24,25)21-12-17-10-7-11-20-19(17)23(3)13-16-8-5-4-6-9-16/h4-11,21H,12-13H2,1-3H3. The van der Waals surface area contributed by atoms with E-state index in [-0.39, 0.29) is 17.2 Å². The summed E-state index contributed by atoms with van der Waals surface area (Å²) in [7, 11) is -1.80. The fraction of sp³-hybridized carbons (Fsp3) is 0.263. The van der Waals surface area contributed by atoms with Gasteiger partial charge in [-0.1, -0.05) is 41.6 Å². The molecule has 0 aliphatic carbocycles. The van der Waals surface area contributed by atoms with Gasteiger partial charge in [0.25, 0.3) is 0 Å². The Morgan fingerprint density at radius 1 is 1.11 bits per heavy atom. The van der Waals surface area contributed by atoms with Crippen LogP contribution in [0.15, 0.2) is 58.1 Å². The van der Waals surface area contributed by atoms with Gasteiger partial charge in [-0.15, -0.1) is 0 Å². The lowest BCUT2D eigenvalue weighted by Gasteiger charge is -2.21. The van der Waals surface area contributed by atoms with Crippen molar-refractivity contribution < 1.29 is 12.9 Å². The van der Waals surface area contributed by atoms with Gasteiger partial charge in [0.2, 0.25) is 10.0 Å². The van der Waals surface area contributed by atoms with Crippen molar-refractivity contribution >= 4 is 15.8 Å². The zero-order chi connectivity index (χ0) is 19.4. The van der Waals surface area contributed by atoms with Crippen molar-refractivity contribution in [1.29, 1.82) is 0 Å². The van der Waals surface area contributed by atoms with Gasteiger partial charge in [0.05, 0.1) is 0 Å². The third-order valence-electron chi connectivity index (χ3n) is 4.18. The molecule has 8 heteroatoms. The minimum Gasteiger partial charge on any atom is -0.360 e. The smallest absolute Gasteiger partial charge is 0.246 e. The van der Waals surface area contributed by atoms with Crippen LogP contribution in [0.5, 0.6) is 0 Å². The van der Waals surface area contributed by atoms with Gasteiger partial charge in [-0.25, -0.2) is 18.1 Å². The summed E-state index contributed by atoms with van der Waals surface area (Å²) in [6, 6.07) is 13.7. The van der Waals surface area contributed by atoms with Crippen LogP contribution in [0.2, 0.25) is 0 Å². The summed E-state index contributed by atoms with van der Waals surface area (Å²) in [6.45, 7) is 3.97. The number of sulfonamides is 1. The van der Waals surface area contributed by atoms with Crippen LogP contribution in [-0.4, -0.2) is 25.6 Å². The highest BCUT2D eigenvalue weighted by Gasteiger charge is 2.24. The van der Waals surface area contributed by atoms with Gasteiger partial charge in [0, 0.05) is 31.9 Å². The second-order valence-corrected chi connectivity index (χ2v) is 8.01. The molecule has 0 fully saturated rings. The highest BCUT2D eigenvalue weighted by molar-refractivity contribution is 7.89. The van der Waals surface area contributed by atoms with Crippen molar-refractivity contribution in [3.8, 4) is 0 Å². The van der Waals surface area contributed by atoms with Crippen LogP contribution in [-0.2, 0) is 23.1 Å². The quantitative estimate of drug-likeness (QED) is 0.672. The average Bonchev–Trinajstić information content (AvgIpc) is 3.00. The SMILES string of the molecule is Cc1noc(C)c1S(=O)(=O)NCc1cccnc1N(C)Cc1ccccc1. The molecular formula is C19H22N4O3S. The molecule has 1 N–H and O–H groups in total. The first-order chi connectivity index (χ1) is 12.9. The van der Waals surface area contributed by atoms with E-state index in [1.165, 1.54) is 0 Å². The van der Waals surface area contributed by atoms with Crippen LogP contribution in [0.3, 0.4) is 0 Å². The second-order valence-electron chi connectivity index (χ2n) is 6.31. The number of hydrogen-bond donors (Lipinski definition) is 1. The molecule has 2 heterocycles. The molecule has 0 aliphatic rings. The van der Waals surface area contributed by atoms with Crippen LogP contribution < -0.4 is 9.62 Å². The van der Waals surface area contributed by atoms with E-state index in [4.69, 9.17) is 4.52 Å². The largest absolute Gasteiger partial charge is 0.360 e. The zero-order valence-electron chi connectivity index (χ0n) is 15.5. The normalized spacial score (nSPS) is 11.5. The summed E-state index contributed by atoms with van der Waals surface area (Å²) in [5.74, 6) is 0.996. The molecule has 0 unspecified atom stereocenters. The van der Waals surface area contributed by atoms with Crippen molar-refractivity contribution in [3.63, 3.8) is 0 Å². The molecule has 0 atom stereocenters. The van der Waals surface area contributed by atoms with Crippen molar-refractivity contribution in [3.05, 3.63) is 71.2 Å². The Hall–Kier alpha value is -2.71. The van der Waals surface area contributed by atoms with E-state index in [0.717, 1.165) is 16.9 Å². The molecule has 0 radical (unpaired) electrons. The van der Waals surface area contributed by atoms with Crippen molar-refractivity contribution in [1.82, 2.24) is 14.9 Å². The molecule has 2 aromatic heterocycles. The second kappa shape index (κ2) is 7.89. The van der Waals surface area contributed by atoms with E-state index < -0.39 is 10.0 Å². The lowest BCUT2D eigenvalue weighted by Crippen LogP contribution is -2.26. The predicted octanol–water partition coefficient (Wildman–Crippen LogP) is 2.80. The Morgan fingerprint density at radius 2 is 1.85 bits per heavy atom. The number of pyridine rings is 1.